The number of nitrogens with zero attached hydrogens (tertiary/aromatic N) is 1. The summed E-state index contributed by atoms with van der Waals surface area (Å²) in [7, 11) is 0. The van der Waals surface area contributed by atoms with Gasteiger partial charge in [-0.05, 0) is 38.8 Å². The first kappa shape index (κ1) is 13.0. The number of aliphatic hydroxyl groups is 1. The summed E-state index contributed by atoms with van der Waals surface area (Å²) in [5.74, 6) is 0.728. The van der Waals surface area contributed by atoms with E-state index < -0.39 is 0 Å². The van der Waals surface area contributed by atoms with Crippen molar-refractivity contribution in [2.75, 3.05) is 23.8 Å². The zero-order chi connectivity index (χ0) is 13.1. The third-order valence-corrected chi connectivity index (χ3v) is 3.28. The third-order valence-electron chi connectivity index (χ3n) is 3.28. The van der Waals surface area contributed by atoms with Gasteiger partial charge in [0.15, 0.2) is 0 Å². The van der Waals surface area contributed by atoms with Crippen LogP contribution in [0.2, 0.25) is 0 Å². The topological polar surface area (TPSA) is 58.7 Å². The molecule has 18 heavy (non-hydrogen) atoms. The highest BCUT2D eigenvalue weighted by Gasteiger charge is 2.24. The molecule has 0 aliphatic carbocycles. The van der Waals surface area contributed by atoms with Gasteiger partial charge in [0.05, 0.1) is 24.4 Å². The summed E-state index contributed by atoms with van der Waals surface area (Å²) in [6, 6.07) is 6.07. The second-order valence-electron chi connectivity index (χ2n) is 5.06. The second-order valence-corrected chi connectivity index (χ2v) is 5.06. The Bertz CT molecular complexity index is 407. The first-order valence-corrected chi connectivity index (χ1v) is 6.55. The maximum atomic E-state index is 9.37. The van der Waals surface area contributed by atoms with Crippen molar-refractivity contribution in [3.8, 4) is 5.75 Å². The van der Waals surface area contributed by atoms with Crippen LogP contribution >= 0.6 is 0 Å². The number of nitrogen functional groups attached to an aromatic ring is 1. The molecule has 0 radical (unpaired) electrons. The molecule has 1 aromatic carbocycles. The van der Waals surface area contributed by atoms with Crippen molar-refractivity contribution in [1.29, 1.82) is 0 Å². The quantitative estimate of drug-likeness (QED) is 0.803. The number of anilines is 2. The molecule has 3 N–H and O–H groups in total. The van der Waals surface area contributed by atoms with Crippen molar-refractivity contribution in [3.05, 3.63) is 18.2 Å². The highest BCUT2D eigenvalue weighted by molar-refractivity contribution is 5.63. The molecule has 2 rings (SSSR count). The molecule has 1 atom stereocenters. The molecular formula is C14H22N2O2. The Labute approximate surface area is 108 Å². The summed E-state index contributed by atoms with van der Waals surface area (Å²) < 4.78 is 5.70. The van der Waals surface area contributed by atoms with Gasteiger partial charge in [-0.3, -0.25) is 0 Å². The second kappa shape index (κ2) is 5.48. The molecule has 0 aromatic heterocycles. The van der Waals surface area contributed by atoms with Gasteiger partial charge in [0.1, 0.15) is 5.75 Å². The Morgan fingerprint density at radius 3 is 2.94 bits per heavy atom. The predicted octanol–water partition coefficient (Wildman–Crippen LogP) is 2.02. The summed E-state index contributed by atoms with van der Waals surface area (Å²) in [6.07, 6.45) is 2.27. The van der Waals surface area contributed by atoms with Crippen LogP contribution in [0.15, 0.2) is 18.2 Å². The van der Waals surface area contributed by atoms with E-state index in [0.29, 0.717) is 5.69 Å². The molecule has 4 nitrogen and oxygen atoms in total. The minimum absolute atomic E-state index is 0.106. The molecular weight excluding hydrogens is 228 g/mol. The van der Waals surface area contributed by atoms with Crippen molar-refractivity contribution in [2.45, 2.75) is 38.8 Å². The van der Waals surface area contributed by atoms with Gasteiger partial charge in [0.25, 0.3) is 0 Å². The van der Waals surface area contributed by atoms with Crippen LogP contribution in [0.5, 0.6) is 5.75 Å². The number of aliphatic hydroxyl groups excluding tert-OH is 1. The number of nitrogens with two attached hydrogens (primary N) is 1. The van der Waals surface area contributed by atoms with Crippen LogP contribution < -0.4 is 15.4 Å². The van der Waals surface area contributed by atoms with E-state index in [2.05, 4.69) is 4.90 Å². The van der Waals surface area contributed by atoms with Crippen LogP contribution in [0.3, 0.4) is 0 Å². The summed E-state index contributed by atoms with van der Waals surface area (Å²) in [4.78, 5) is 2.23. The van der Waals surface area contributed by atoms with E-state index in [0.717, 1.165) is 30.8 Å². The lowest BCUT2D eigenvalue weighted by Crippen LogP contribution is -2.32. The van der Waals surface area contributed by atoms with Gasteiger partial charge in [0, 0.05) is 18.3 Å². The molecule has 1 aromatic rings. The lowest BCUT2D eigenvalue weighted by Gasteiger charge is -2.26. The zero-order valence-electron chi connectivity index (χ0n) is 11.1. The fourth-order valence-corrected chi connectivity index (χ4v) is 2.42. The average Bonchev–Trinajstić information content (AvgIpc) is 2.79. The molecule has 100 valence electrons. The number of ether oxygens (including phenoxy) is 1. The average molecular weight is 250 g/mol. The van der Waals surface area contributed by atoms with Crippen LogP contribution in [0.4, 0.5) is 11.4 Å². The van der Waals surface area contributed by atoms with E-state index in [1.54, 1.807) is 0 Å². The largest absolute Gasteiger partial charge is 0.489 e. The zero-order valence-corrected chi connectivity index (χ0v) is 11.1. The van der Waals surface area contributed by atoms with Crippen molar-refractivity contribution in [3.63, 3.8) is 0 Å². The van der Waals surface area contributed by atoms with Crippen LogP contribution in [0.25, 0.3) is 0 Å². The standard InChI is InChI=1S/C14H22N2O2/c1-10(2)18-14-8-11(5-6-13(14)15)16-7-3-4-12(16)9-17/h5-6,8,10,12,17H,3-4,7,9,15H2,1-2H3. The van der Waals surface area contributed by atoms with Gasteiger partial charge in [-0.2, -0.15) is 0 Å². The van der Waals surface area contributed by atoms with E-state index in [1.165, 1.54) is 0 Å². The Hall–Kier alpha value is -1.42. The van der Waals surface area contributed by atoms with Crippen LogP contribution in [-0.2, 0) is 0 Å². The van der Waals surface area contributed by atoms with Crippen LogP contribution in [0, 0.1) is 0 Å². The maximum absolute atomic E-state index is 9.37. The van der Waals surface area contributed by atoms with Gasteiger partial charge >= 0.3 is 0 Å². The van der Waals surface area contributed by atoms with Gasteiger partial charge in [-0.15, -0.1) is 0 Å². The van der Waals surface area contributed by atoms with E-state index in [4.69, 9.17) is 10.5 Å². The molecule has 0 amide bonds. The molecule has 0 spiro atoms. The molecule has 1 aliphatic rings. The molecule has 0 saturated carbocycles. The molecule has 0 bridgehead atoms. The normalized spacial score (nSPS) is 19.6. The Morgan fingerprint density at radius 1 is 1.50 bits per heavy atom. The minimum atomic E-state index is 0.106. The minimum Gasteiger partial charge on any atom is -0.489 e. The summed E-state index contributed by atoms with van der Waals surface area (Å²) in [5, 5.41) is 9.37. The lowest BCUT2D eigenvalue weighted by atomic mass is 10.2. The van der Waals surface area contributed by atoms with Crippen molar-refractivity contribution < 1.29 is 9.84 Å². The highest BCUT2D eigenvalue weighted by Crippen LogP contribution is 2.32. The van der Waals surface area contributed by atoms with Crippen LogP contribution in [-0.4, -0.2) is 30.4 Å². The van der Waals surface area contributed by atoms with E-state index >= 15 is 0 Å². The van der Waals surface area contributed by atoms with Crippen LogP contribution in [0.1, 0.15) is 26.7 Å². The van der Waals surface area contributed by atoms with Crippen molar-refractivity contribution >= 4 is 11.4 Å². The van der Waals surface area contributed by atoms with Gasteiger partial charge < -0.3 is 20.5 Å². The third kappa shape index (κ3) is 2.70. The molecule has 1 aliphatic heterocycles. The Kier molecular flexibility index (Phi) is 3.97. The fourth-order valence-electron chi connectivity index (χ4n) is 2.42. The number of benzene rings is 1. The molecule has 1 fully saturated rings. The van der Waals surface area contributed by atoms with E-state index in [-0.39, 0.29) is 18.8 Å². The lowest BCUT2D eigenvalue weighted by molar-refractivity contribution is 0.243. The number of rotatable bonds is 4. The SMILES string of the molecule is CC(C)Oc1cc(N2CCCC2CO)ccc1N. The summed E-state index contributed by atoms with van der Waals surface area (Å²) in [5.41, 5.74) is 7.65. The molecule has 1 saturated heterocycles. The summed E-state index contributed by atoms with van der Waals surface area (Å²) in [6.45, 7) is 5.15. The smallest absolute Gasteiger partial charge is 0.144 e. The number of hydrogen-bond donors (Lipinski definition) is 2. The first-order chi connectivity index (χ1) is 8.61. The van der Waals surface area contributed by atoms with Gasteiger partial charge in [-0.1, -0.05) is 0 Å². The van der Waals surface area contributed by atoms with Gasteiger partial charge in [0.2, 0.25) is 0 Å². The molecule has 1 unspecified atom stereocenters. The van der Waals surface area contributed by atoms with E-state index in [9.17, 15) is 5.11 Å². The first-order valence-electron chi connectivity index (χ1n) is 6.55. The molecule has 1 heterocycles. The fraction of sp³-hybridized carbons (Fsp3) is 0.571. The van der Waals surface area contributed by atoms with Gasteiger partial charge in [-0.25, -0.2) is 0 Å². The summed E-state index contributed by atoms with van der Waals surface area (Å²) >= 11 is 0. The predicted molar refractivity (Wildman–Crippen MR) is 74.1 cm³/mol. The highest BCUT2D eigenvalue weighted by atomic mass is 16.5. The Balaban J connectivity index is 2.23. The van der Waals surface area contributed by atoms with E-state index in [1.807, 2.05) is 32.0 Å². The molecule has 4 heteroatoms. The van der Waals surface area contributed by atoms with Crippen molar-refractivity contribution in [1.82, 2.24) is 0 Å². The maximum Gasteiger partial charge on any atom is 0.144 e. The monoisotopic (exact) mass is 250 g/mol. The number of hydrogen-bond acceptors (Lipinski definition) is 4. The Morgan fingerprint density at radius 2 is 2.28 bits per heavy atom. The van der Waals surface area contributed by atoms with Crippen molar-refractivity contribution in [2.24, 2.45) is 0 Å².